The molecule has 3 N–H and O–H groups in total. The number of nitrogens with zero attached hydrogens (tertiary/aromatic N) is 4. The van der Waals surface area contributed by atoms with E-state index in [9.17, 15) is 9.59 Å². The van der Waals surface area contributed by atoms with Crippen LogP contribution in [0.3, 0.4) is 0 Å². The van der Waals surface area contributed by atoms with Crippen LogP contribution in [0.15, 0.2) is 30.5 Å². The highest BCUT2D eigenvalue weighted by Crippen LogP contribution is 2.38. The summed E-state index contributed by atoms with van der Waals surface area (Å²) in [7, 11) is 2.17. The van der Waals surface area contributed by atoms with Crippen LogP contribution in [0.1, 0.15) is 68.1 Å². The molecule has 4 heterocycles. The van der Waals surface area contributed by atoms with Gasteiger partial charge in [-0.2, -0.15) is 0 Å². The highest BCUT2D eigenvalue weighted by molar-refractivity contribution is 7.18. The number of hydrogen-bond acceptors (Lipinski definition) is 7. The lowest BCUT2D eigenvalue weighted by molar-refractivity contribution is -0.146. The maximum Gasteiger partial charge on any atom is 0.313 e. The van der Waals surface area contributed by atoms with E-state index in [1.165, 1.54) is 15.9 Å². The molecule has 0 radical (unpaired) electrons. The zero-order valence-corrected chi connectivity index (χ0v) is 22.8. The van der Waals surface area contributed by atoms with Gasteiger partial charge >= 0.3 is 11.8 Å². The fourth-order valence-electron chi connectivity index (χ4n) is 5.63. The lowest BCUT2D eigenvalue weighted by Crippen LogP contribution is -2.46. The van der Waals surface area contributed by atoms with Gasteiger partial charge in [-0.1, -0.05) is 19.9 Å². The van der Waals surface area contributed by atoms with Gasteiger partial charge in [-0.15, -0.1) is 11.3 Å². The molecule has 1 aromatic carbocycles. The third-order valence-electron chi connectivity index (χ3n) is 7.96. The van der Waals surface area contributed by atoms with Gasteiger partial charge in [0, 0.05) is 25.0 Å². The summed E-state index contributed by atoms with van der Waals surface area (Å²) >= 11 is 1.77. The van der Waals surface area contributed by atoms with Gasteiger partial charge in [-0.25, -0.2) is 9.97 Å². The zero-order valence-electron chi connectivity index (χ0n) is 22.0. The Morgan fingerprint density at radius 1 is 1.19 bits per heavy atom. The number of fused-ring (bicyclic) bond motifs is 1. The van der Waals surface area contributed by atoms with E-state index in [0.29, 0.717) is 42.3 Å². The van der Waals surface area contributed by atoms with Crippen LogP contribution in [0.2, 0.25) is 0 Å². The number of amides is 2. The first-order valence-corrected chi connectivity index (χ1v) is 14.0. The molecule has 8 nitrogen and oxygen atoms in total. The number of pyridine rings is 1. The van der Waals surface area contributed by atoms with Gasteiger partial charge in [0.2, 0.25) is 0 Å². The molecule has 0 spiro atoms. The quantitative estimate of drug-likeness (QED) is 0.488. The number of nitrogens with one attached hydrogen (secondary N) is 1. The largest absolute Gasteiger partial charge is 0.383 e. The van der Waals surface area contributed by atoms with Crippen LogP contribution in [-0.2, 0) is 16.0 Å². The summed E-state index contributed by atoms with van der Waals surface area (Å²) in [4.78, 5) is 39.7. The molecule has 9 heteroatoms. The number of thiazole rings is 1. The number of aryl methyl sites for hydroxylation is 1. The van der Waals surface area contributed by atoms with E-state index < -0.39 is 11.8 Å². The summed E-state index contributed by atoms with van der Waals surface area (Å²) in [6, 6.07) is 8.54. The first kappa shape index (κ1) is 25.6. The summed E-state index contributed by atoms with van der Waals surface area (Å²) < 4.78 is 1.17. The minimum Gasteiger partial charge on any atom is -0.383 e. The van der Waals surface area contributed by atoms with Crippen LogP contribution in [-0.4, -0.2) is 57.8 Å². The fraction of sp³-hybridized carbons (Fsp3) is 0.500. The summed E-state index contributed by atoms with van der Waals surface area (Å²) in [6.45, 7) is 7.95. The second-order valence-electron chi connectivity index (χ2n) is 10.7. The molecular formula is C28H36N6O2S. The fourth-order valence-corrected chi connectivity index (χ4v) is 6.68. The van der Waals surface area contributed by atoms with Gasteiger partial charge in [0.25, 0.3) is 0 Å². The number of anilines is 2. The van der Waals surface area contributed by atoms with Crippen molar-refractivity contribution in [2.45, 2.75) is 64.5 Å². The molecule has 2 saturated heterocycles. The maximum absolute atomic E-state index is 13.4. The van der Waals surface area contributed by atoms with E-state index in [2.05, 4.69) is 54.3 Å². The van der Waals surface area contributed by atoms with Crippen LogP contribution >= 0.6 is 11.3 Å². The molecule has 0 aliphatic carbocycles. The molecule has 0 bridgehead atoms. The van der Waals surface area contributed by atoms with Crippen LogP contribution in [0.25, 0.3) is 10.2 Å². The Morgan fingerprint density at radius 3 is 2.73 bits per heavy atom. The van der Waals surface area contributed by atoms with Crippen LogP contribution in [0, 0.1) is 5.92 Å². The van der Waals surface area contributed by atoms with E-state index in [1.807, 2.05) is 6.92 Å². The molecule has 4 atom stereocenters. The molecular weight excluding hydrogens is 484 g/mol. The number of piperidine rings is 1. The van der Waals surface area contributed by atoms with Crippen molar-refractivity contribution in [2.24, 2.45) is 5.92 Å². The van der Waals surface area contributed by atoms with Gasteiger partial charge in [0.05, 0.1) is 33.2 Å². The highest BCUT2D eigenvalue weighted by atomic mass is 32.1. The number of benzene rings is 1. The van der Waals surface area contributed by atoms with Gasteiger partial charge in [-0.3, -0.25) is 9.59 Å². The minimum absolute atomic E-state index is 0.155. The van der Waals surface area contributed by atoms with Crippen LogP contribution in [0.5, 0.6) is 0 Å². The Bertz CT molecular complexity index is 1310. The van der Waals surface area contributed by atoms with Crippen molar-refractivity contribution in [3.8, 4) is 0 Å². The van der Waals surface area contributed by atoms with E-state index in [1.54, 1.807) is 22.3 Å². The molecule has 2 aromatic heterocycles. The summed E-state index contributed by atoms with van der Waals surface area (Å²) in [5.41, 5.74) is 9.23. The average Bonchev–Trinajstić information content (AvgIpc) is 3.46. The van der Waals surface area contributed by atoms with E-state index in [0.717, 1.165) is 42.5 Å². The second kappa shape index (κ2) is 10.4. The lowest BCUT2D eigenvalue weighted by atomic mass is 9.89. The topological polar surface area (TPSA) is 104 Å². The number of carbonyl (C=O) groups is 2. The first-order chi connectivity index (χ1) is 17.7. The van der Waals surface area contributed by atoms with Crippen molar-refractivity contribution in [1.82, 2.24) is 19.8 Å². The van der Waals surface area contributed by atoms with Crippen molar-refractivity contribution in [1.29, 1.82) is 0 Å². The Kier molecular flexibility index (Phi) is 7.18. The molecule has 196 valence electrons. The third-order valence-corrected chi connectivity index (χ3v) is 9.16. The van der Waals surface area contributed by atoms with Crippen LogP contribution in [0.4, 0.5) is 11.5 Å². The lowest BCUT2D eigenvalue weighted by Gasteiger charge is -2.38. The number of rotatable bonds is 4. The van der Waals surface area contributed by atoms with E-state index in [4.69, 9.17) is 10.7 Å². The van der Waals surface area contributed by atoms with Crippen molar-refractivity contribution in [2.75, 3.05) is 31.2 Å². The number of carbonyl (C=O) groups excluding carboxylic acids is 2. The number of nitrogens with two attached hydrogens (primary N) is 1. The molecule has 0 saturated carbocycles. The van der Waals surface area contributed by atoms with Crippen molar-refractivity contribution >= 4 is 44.9 Å². The highest BCUT2D eigenvalue weighted by Gasteiger charge is 2.35. The Morgan fingerprint density at radius 2 is 2.00 bits per heavy atom. The van der Waals surface area contributed by atoms with Crippen molar-refractivity contribution < 1.29 is 9.59 Å². The van der Waals surface area contributed by atoms with E-state index >= 15 is 0 Å². The molecule has 0 unspecified atom stereocenters. The maximum atomic E-state index is 13.4. The second-order valence-corrected chi connectivity index (χ2v) is 11.8. The molecule has 2 aliphatic rings. The Balaban J connectivity index is 1.37. The predicted molar refractivity (Wildman–Crippen MR) is 149 cm³/mol. The summed E-state index contributed by atoms with van der Waals surface area (Å²) in [5.74, 6) is 0.0625. The normalized spacial score (nSPS) is 24.5. The van der Waals surface area contributed by atoms with Crippen molar-refractivity contribution in [3.05, 3.63) is 46.6 Å². The molecule has 2 aliphatic heterocycles. The molecule has 3 aromatic rings. The van der Waals surface area contributed by atoms with Gasteiger partial charge in [0.1, 0.15) is 5.82 Å². The third kappa shape index (κ3) is 5.20. The van der Waals surface area contributed by atoms with Gasteiger partial charge in [-0.05, 0) is 74.9 Å². The van der Waals surface area contributed by atoms with Gasteiger partial charge < -0.3 is 20.9 Å². The monoisotopic (exact) mass is 520 g/mol. The molecule has 5 rings (SSSR count). The summed E-state index contributed by atoms with van der Waals surface area (Å²) in [5, 5.41) is 3.93. The Labute approximate surface area is 222 Å². The molecule has 2 amide bonds. The molecule has 2 fully saturated rings. The molecule has 37 heavy (non-hydrogen) atoms. The number of aromatic nitrogens is 2. The average molecular weight is 521 g/mol. The van der Waals surface area contributed by atoms with Crippen LogP contribution < -0.4 is 11.1 Å². The predicted octanol–water partition coefficient (Wildman–Crippen LogP) is 4.58. The minimum atomic E-state index is -0.649. The smallest absolute Gasteiger partial charge is 0.313 e. The first-order valence-electron chi connectivity index (χ1n) is 13.2. The Hall–Kier alpha value is -3.04. The van der Waals surface area contributed by atoms with Crippen molar-refractivity contribution in [3.63, 3.8) is 0 Å². The SMILES string of the molecule is CCc1cc(NC(=O)C(=O)N2C[C@@H](C)CC[C@@H]2c2ccc3sc([C@@H]4C[C@@H](C)N(C)C4)nc3c2)cnc1N. The zero-order chi connectivity index (χ0) is 26.3. The van der Waals surface area contributed by atoms with E-state index in [-0.39, 0.29) is 6.04 Å². The number of hydrogen-bond donors (Lipinski definition) is 2. The number of likely N-dealkylation sites (tertiary alicyclic amines) is 2. The summed E-state index contributed by atoms with van der Waals surface area (Å²) in [6.07, 6.45) is 5.14. The number of likely N-dealkylation sites (N-methyl/N-ethyl adjacent to an activating group) is 1. The standard InChI is InChI=1S/C28H36N6O2S/c1-5-18-11-21(13-30-25(18)29)31-26(35)28(36)34-14-16(2)6-8-23(34)19-7-9-24-22(12-19)32-27(37-24)20-10-17(3)33(4)15-20/h7,9,11-13,16-17,20,23H,5-6,8,10,14-15H2,1-4H3,(H2,29,30)(H,31,35)/t16-,17+,20+,23+/m0/s1. The number of nitrogen functional groups attached to an aromatic ring is 1. The van der Waals surface area contributed by atoms with Gasteiger partial charge in [0.15, 0.2) is 0 Å².